The Bertz CT molecular complexity index is 849. The van der Waals surface area contributed by atoms with Gasteiger partial charge in [-0.3, -0.25) is 14.4 Å². The Morgan fingerprint density at radius 2 is 1.93 bits per heavy atom. The van der Waals surface area contributed by atoms with Crippen LogP contribution in [0.15, 0.2) is 42.7 Å². The van der Waals surface area contributed by atoms with E-state index >= 15 is 0 Å². The summed E-state index contributed by atoms with van der Waals surface area (Å²) >= 11 is 0. The summed E-state index contributed by atoms with van der Waals surface area (Å²) in [6, 6.07) is 9.39. The number of carbonyl (C=O) groups excluding carboxylic acids is 2. The lowest BCUT2D eigenvalue weighted by Crippen LogP contribution is -2.43. The molecule has 1 aromatic carbocycles. The summed E-state index contributed by atoms with van der Waals surface area (Å²) in [5.74, 6) is -1.38. The summed E-state index contributed by atoms with van der Waals surface area (Å²) in [4.78, 5) is 38.9. The van der Waals surface area contributed by atoms with E-state index in [1.165, 1.54) is 11.8 Å². The van der Waals surface area contributed by atoms with Gasteiger partial charge in [-0.1, -0.05) is 18.2 Å². The minimum Gasteiger partial charge on any atom is -0.480 e. The van der Waals surface area contributed by atoms with Crippen LogP contribution in [0.2, 0.25) is 0 Å². The fourth-order valence-corrected chi connectivity index (χ4v) is 3.57. The van der Waals surface area contributed by atoms with Gasteiger partial charge < -0.3 is 14.9 Å². The first-order valence-electron chi connectivity index (χ1n) is 9.34. The summed E-state index contributed by atoms with van der Waals surface area (Å²) in [6.45, 7) is 2.13. The molecule has 0 bridgehead atoms. The largest absolute Gasteiger partial charge is 0.480 e. The number of amides is 2. The molecule has 1 fully saturated rings. The number of aromatic nitrogens is 2. The highest BCUT2D eigenvalue weighted by Gasteiger charge is 2.28. The summed E-state index contributed by atoms with van der Waals surface area (Å²) in [5, 5.41) is 13.3. The van der Waals surface area contributed by atoms with Gasteiger partial charge in [0.15, 0.2) is 0 Å². The fraction of sp³-hybridized carbons (Fsp3) is 0.400. The molecule has 1 unspecified atom stereocenters. The normalized spacial score (nSPS) is 17.0. The van der Waals surface area contributed by atoms with Crippen LogP contribution in [0.5, 0.6) is 0 Å². The third-order valence-electron chi connectivity index (χ3n) is 4.99. The van der Waals surface area contributed by atoms with E-state index in [-0.39, 0.29) is 24.4 Å². The summed E-state index contributed by atoms with van der Waals surface area (Å²) < 4.78 is 1.66. The van der Waals surface area contributed by atoms with Crippen molar-refractivity contribution in [2.45, 2.75) is 32.2 Å². The van der Waals surface area contributed by atoms with Gasteiger partial charge in [-0.25, -0.2) is 4.68 Å². The van der Waals surface area contributed by atoms with Crippen LogP contribution in [0, 0.1) is 0 Å². The average Bonchev–Trinajstić information content (AvgIpc) is 3.05. The van der Waals surface area contributed by atoms with Gasteiger partial charge in [-0.05, 0) is 31.4 Å². The Hall–Kier alpha value is -3.16. The number of likely N-dealkylation sites (tertiary alicyclic amines) is 1. The molecule has 1 aliphatic heterocycles. The lowest BCUT2D eigenvalue weighted by Gasteiger charge is -2.28. The van der Waals surface area contributed by atoms with Crippen LogP contribution < -0.4 is 0 Å². The van der Waals surface area contributed by atoms with E-state index in [0.717, 1.165) is 5.69 Å². The van der Waals surface area contributed by atoms with Crippen LogP contribution in [0.4, 0.5) is 0 Å². The van der Waals surface area contributed by atoms with E-state index in [1.807, 2.05) is 30.3 Å². The Morgan fingerprint density at radius 3 is 2.61 bits per heavy atom. The third kappa shape index (κ3) is 4.57. The van der Waals surface area contributed by atoms with Crippen molar-refractivity contribution < 1.29 is 19.5 Å². The Labute approximate surface area is 163 Å². The van der Waals surface area contributed by atoms with E-state index in [9.17, 15) is 14.4 Å². The number of carbonyl (C=O) groups is 3. The van der Waals surface area contributed by atoms with E-state index in [2.05, 4.69) is 5.10 Å². The predicted molar refractivity (Wildman–Crippen MR) is 102 cm³/mol. The van der Waals surface area contributed by atoms with Crippen molar-refractivity contribution in [3.63, 3.8) is 0 Å². The molecule has 0 radical (unpaired) electrons. The number of rotatable bonds is 5. The number of aliphatic carboxylic acids is 1. The van der Waals surface area contributed by atoms with E-state index in [4.69, 9.17) is 5.11 Å². The minimum absolute atomic E-state index is 0.101. The van der Waals surface area contributed by atoms with Crippen molar-refractivity contribution in [2.75, 3.05) is 19.6 Å². The average molecular weight is 384 g/mol. The zero-order valence-corrected chi connectivity index (χ0v) is 15.8. The van der Waals surface area contributed by atoms with E-state index < -0.39 is 5.97 Å². The Morgan fingerprint density at radius 1 is 1.18 bits per heavy atom. The lowest BCUT2D eigenvalue weighted by molar-refractivity contribution is -0.145. The second-order valence-corrected chi connectivity index (χ2v) is 6.93. The highest BCUT2D eigenvalue weighted by atomic mass is 16.4. The molecule has 2 aromatic rings. The molecule has 0 spiro atoms. The van der Waals surface area contributed by atoms with Gasteiger partial charge >= 0.3 is 5.97 Å². The number of nitrogens with zero attached hydrogens (tertiary/aromatic N) is 4. The molecule has 2 heterocycles. The first-order valence-corrected chi connectivity index (χ1v) is 9.34. The summed E-state index contributed by atoms with van der Waals surface area (Å²) in [5.41, 5.74) is 1.39. The van der Waals surface area contributed by atoms with Gasteiger partial charge in [-0.15, -0.1) is 0 Å². The first-order chi connectivity index (χ1) is 13.5. The fourth-order valence-electron chi connectivity index (χ4n) is 3.57. The van der Waals surface area contributed by atoms with Crippen LogP contribution in [-0.4, -0.2) is 68.1 Å². The zero-order chi connectivity index (χ0) is 20.1. The molecule has 1 aromatic heterocycles. The van der Waals surface area contributed by atoms with Crippen LogP contribution in [0.1, 0.15) is 36.5 Å². The SMILES string of the molecule is CC(=O)N(CC(=O)O)C1CCCN(C(=O)c2cnn(-c3ccccc3)c2)CC1. The topological polar surface area (TPSA) is 95.7 Å². The molecule has 1 saturated heterocycles. The van der Waals surface area contributed by atoms with Crippen molar-refractivity contribution >= 4 is 17.8 Å². The molecule has 1 aliphatic rings. The molecule has 3 rings (SSSR count). The van der Waals surface area contributed by atoms with E-state index in [1.54, 1.807) is 22.0 Å². The maximum atomic E-state index is 12.9. The zero-order valence-electron chi connectivity index (χ0n) is 15.8. The van der Waals surface area contributed by atoms with Crippen molar-refractivity contribution in [3.8, 4) is 5.69 Å². The van der Waals surface area contributed by atoms with E-state index in [0.29, 0.717) is 37.9 Å². The van der Waals surface area contributed by atoms with Gasteiger partial charge in [0.1, 0.15) is 6.54 Å². The van der Waals surface area contributed by atoms with Crippen molar-refractivity contribution in [1.82, 2.24) is 19.6 Å². The maximum Gasteiger partial charge on any atom is 0.323 e. The molecule has 0 aliphatic carbocycles. The molecule has 1 N–H and O–H groups in total. The van der Waals surface area contributed by atoms with Gasteiger partial charge in [0, 0.05) is 32.3 Å². The smallest absolute Gasteiger partial charge is 0.323 e. The highest BCUT2D eigenvalue weighted by molar-refractivity contribution is 5.93. The minimum atomic E-state index is -1.03. The first kappa shape index (κ1) is 19.6. The molecule has 8 heteroatoms. The molecule has 0 saturated carbocycles. The third-order valence-corrected chi connectivity index (χ3v) is 4.99. The van der Waals surface area contributed by atoms with Gasteiger partial charge in [-0.2, -0.15) is 5.10 Å². The predicted octanol–water partition coefficient (Wildman–Crippen LogP) is 1.80. The van der Waals surface area contributed by atoms with Crippen LogP contribution in [-0.2, 0) is 9.59 Å². The summed E-state index contributed by atoms with van der Waals surface area (Å²) in [6.07, 6.45) is 5.23. The molecule has 148 valence electrons. The number of carboxylic acids is 1. The second-order valence-electron chi connectivity index (χ2n) is 6.93. The van der Waals surface area contributed by atoms with Gasteiger partial charge in [0.2, 0.25) is 5.91 Å². The Kier molecular flexibility index (Phi) is 6.08. The monoisotopic (exact) mass is 384 g/mol. The molecule has 28 heavy (non-hydrogen) atoms. The van der Waals surface area contributed by atoms with Crippen LogP contribution in [0.25, 0.3) is 5.69 Å². The number of hydrogen-bond donors (Lipinski definition) is 1. The number of hydrogen-bond acceptors (Lipinski definition) is 4. The maximum absolute atomic E-state index is 12.9. The molecule has 1 atom stereocenters. The van der Waals surface area contributed by atoms with Crippen LogP contribution >= 0.6 is 0 Å². The Balaban J connectivity index is 1.67. The van der Waals surface area contributed by atoms with Crippen molar-refractivity contribution in [2.24, 2.45) is 0 Å². The lowest BCUT2D eigenvalue weighted by atomic mass is 10.1. The summed E-state index contributed by atoms with van der Waals surface area (Å²) in [7, 11) is 0. The number of carboxylic acid groups (broad SMARTS) is 1. The van der Waals surface area contributed by atoms with Crippen LogP contribution in [0.3, 0.4) is 0 Å². The molecule has 2 amide bonds. The molecular formula is C20H24N4O4. The van der Waals surface area contributed by atoms with Gasteiger partial charge in [0.05, 0.1) is 17.4 Å². The quantitative estimate of drug-likeness (QED) is 0.848. The molecular weight excluding hydrogens is 360 g/mol. The standard InChI is InChI=1S/C20H24N4O4/c1-15(25)23(14-19(26)27)17-8-5-10-22(11-9-17)20(28)16-12-21-24(13-16)18-6-3-2-4-7-18/h2-4,6-7,12-13,17H,5,8-11,14H2,1H3,(H,26,27). The number of benzene rings is 1. The highest BCUT2D eigenvalue weighted by Crippen LogP contribution is 2.19. The van der Waals surface area contributed by atoms with Crippen molar-refractivity contribution in [1.29, 1.82) is 0 Å². The van der Waals surface area contributed by atoms with Gasteiger partial charge in [0.25, 0.3) is 5.91 Å². The second kappa shape index (κ2) is 8.69. The van der Waals surface area contributed by atoms with Crippen molar-refractivity contribution in [3.05, 3.63) is 48.3 Å². The molecule has 8 nitrogen and oxygen atoms in total. The number of para-hydroxylation sites is 1.